The van der Waals surface area contributed by atoms with Gasteiger partial charge in [0.25, 0.3) is 0 Å². The second-order valence-electron chi connectivity index (χ2n) is 7.02. The third-order valence-corrected chi connectivity index (χ3v) is 5.19. The molecule has 1 unspecified atom stereocenters. The maximum Gasteiger partial charge on any atom is 0.322 e. The van der Waals surface area contributed by atoms with Crippen LogP contribution in [0.1, 0.15) is 31.2 Å². The molecule has 8 nitrogen and oxygen atoms in total. The number of ether oxygens (including phenoxy) is 2. The van der Waals surface area contributed by atoms with E-state index in [1.165, 1.54) is 0 Å². The molecule has 156 valence electrons. The van der Waals surface area contributed by atoms with E-state index in [1.54, 1.807) is 19.1 Å². The lowest BCUT2D eigenvalue weighted by atomic mass is 10.0. The summed E-state index contributed by atoms with van der Waals surface area (Å²) in [4.78, 5) is 19.3. The molecule has 1 fully saturated rings. The Bertz CT molecular complexity index is 1000. The number of nitrogens with zero attached hydrogens (tertiary/aromatic N) is 3. The van der Waals surface area contributed by atoms with Gasteiger partial charge in [-0.15, -0.1) is 0 Å². The number of amides is 2. The van der Waals surface area contributed by atoms with Crippen LogP contribution in [0, 0.1) is 0 Å². The first-order valence-electron chi connectivity index (χ1n) is 9.88. The summed E-state index contributed by atoms with van der Waals surface area (Å²) in [5, 5.41) is 7.06. The van der Waals surface area contributed by atoms with Crippen molar-refractivity contribution in [2.24, 2.45) is 0 Å². The van der Waals surface area contributed by atoms with E-state index in [0.29, 0.717) is 29.7 Å². The number of rotatable bonds is 5. The summed E-state index contributed by atoms with van der Waals surface area (Å²) in [5.41, 5.74) is 1.45. The predicted molar refractivity (Wildman–Crippen MR) is 112 cm³/mol. The van der Waals surface area contributed by atoms with E-state index >= 15 is 0 Å². The first-order chi connectivity index (χ1) is 14.7. The van der Waals surface area contributed by atoms with Crippen molar-refractivity contribution in [3.63, 3.8) is 0 Å². The summed E-state index contributed by atoms with van der Waals surface area (Å²) in [5.74, 6) is 2.30. The number of likely N-dealkylation sites (tertiary alicyclic amines) is 1. The van der Waals surface area contributed by atoms with Crippen LogP contribution in [0.15, 0.2) is 53.1 Å². The third-order valence-electron chi connectivity index (χ3n) is 5.19. The van der Waals surface area contributed by atoms with Crippen LogP contribution in [-0.4, -0.2) is 41.8 Å². The number of benzene rings is 2. The molecule has 8 heteroatoms. The standard InChI is InChI=1S/C22H24N4O4/c1-28-16-12-10-15(11-13-16)20-24-21(30-25-20)18-8-5-6-14-26(18)22(27)23-17-7-3-4-9-19(17)29-2/h3-4,7,9-13,18H,5-6,8,14H2,1-2H3,(H,23,27). The van der Waals surface area contributed by atoms with Crippen LogP contribution in [-0.2, 0) is 0 Å². The average molecular weight is 408 g/mol. The molecule has 1 saturated heterocycles. The van der Waals surface area contributed by atoms with Gasteiger partial charge in [-0.1, -0.05) is 17.3 Å². The molecule has 1 N–H and O–H groups in total. The fourth-order valence-electron chi connectivity index (χ4n) is 3.59. The van der Waals surface area contributed by atoms with Crippen molar-refractivity contribution < 1.29 is 18.8 Å². The predicted octanol–water partition coefficient (Wildman–Crippen LogP) is 4.51. The van der Waals surface area contributed by atoms with Gasteiger partial charge < -0.3 is 24.2 Å². The molecule has 1 aliphatic heterocycles. The highest BCUT2D eigenvalue weighted by atomic mass is 16.5. The fourth-order valence-corrected chi connectivity index (χ4v) is 3.59. The number of aromatic nitrogens is 2. The number of piperidine rings is 1. The van der Waals surface area contributed by atoms with Crippen LogP contribution in [0.3, 0.4) is 0 Å². The Morgan fingerprint density at radius 3 is 2.67 bits per heavy atom. The molecule has 1 aliphatic rings. The molecule has 0 aliphatic carbocycles. The minimum absolute atomic E-state index is 0.214. The lowest BCUT2D eigenvalue weighted by Gasteiger charge is -2.33. The molecule has 4 rings (SSSR count). The summed E-state index contributed by atoms with van der Waals surface area (Å²) in [6.07, 6.45) is 2.68. The molecule has 30 heavy (non-hydrogen) atoms. The summed E-state index contributed by atoms with van der Waals surface area (Å²) in [7, 11) is 3.20. The second kappa shape index (κ2) is 8.86. The number of carbonyl (C=O) groups is 1. The number of urea groups is 1. The van der Waals surface area contributed by atoms with Crippen molar-refractivity contribution in [2.45, 2.75) is 25.3 Å². The molecule has 0 radical (unpaired) electrons. The van der Waals surface area contributed by atoms with Crippen LogP contribution in [0.2, 0.25) is 0 Å². The smallest absolute Gasteiger partial charge is 0.322 e. The van der Waals surface area contributed by atoms with Crippen LogP contribution < -0.4 is 14.8 Å². The quantitative estimate of drug-likeness (QED) is 0.668. The Kier molecular flexibility index (Phi) is 5.83. The van der Waals surface area contributed by atoms with E-state index in [-0.39, 0.29) is 12.1 Å². The van der Waals surface area contributed by atoms with E-state index in [4.69, 9.17) is 14.0 Å². The Morgan fingerprint density at radius 2 is 1.90 bits per heavy atom. The van der Waals surface area contributed by atoms with Gasteiger partial charge in [0, 0.05) is 12.1 Å². The van der Waals surface area contributed by atoms with Gasteiger partial charge in [-0.25, -0.2) is 4.79 Å². The SMILES string of the molecule is COc1ccc(-c2noc(C3CCCCN3C(=O)Nc3ccccc3OC)n2)cc1. The molecule has 1 aromatic heterocycles. The minimum Gasteiger partial charge on any atom is -0.497 e. The number of methoxy groups -OCH3 is 2. The zero-order valence-corrected chi connectivity index (χ0v) is 17.0. The van der Waals surface area contributed by atoms with Gasteiger partial charge in [-0.3, -0.25) is 0 Å². The van der Waals surface area contributed by atoms with E-state index < -0.39 is 0 Å². The summed E-state index contributed by atoms with van der Waals surface area (Å²) >= 11 is 0. The maximum absolute atomic E-state index is 13.0. The third kappa shape index (κ3) is 4.07. The van der Waals surface area contributed by atoms with Crippen molar-refractivity contribution in [2.75, 3.05) is 26.1 Å². The molecule has 2 aromatic carbocycles. The van der Waals surface area contributed by atoms with Crippen LogP contribution in [0.5, 0.6) is 11.5 Å². The summed E-state index contributed by atoms with van der Waals surface area (Å²) < 4.78 is 16.1. The number of hydrogen-bond donors (Lipinski definition) is 1. The van der Waals surface area contributed by atoms with Gasteiger partial charge in [0.2, 0.25) is 11.7 Å². The lowest BCUT2D eigenvalue weighted by molar-refractivity contribution is 0.142. The van der Waals surface area contributed by atoms with E-state index in [1.807, 2.05) is 48.5 Å². The highest BCUT2D eigenvalue weighted by molar-refractivity contribution is 5.91. The zero-order chi connectivity index (χ0) is 20.9. The highest BCUT2D eigenvalue weighted by Gasteiger charge is 2.32. The van der Waals surface area contributed by atoms with Gasteiger partial charge in [-0.2, -0.15) is 4.98 Å². The van der Waals surface area contributed by atoms with Crippen LogP contribution in [0.25, 0.3) is 11.4 Å². The Morgan fingerprint density at radius 1 is 1.10 bits per heavy atom. The Hall–Kier alpha value is -3.55. The molecule has 0 bridgehead atoms. The molecule has 1 atom stereocenters. The van der Waals surface area contributed by atoms with E-state index in [0.717, 1.165) is 30.6 Å². The normalized spacial score (nSPS) is 16.2. The molecule has 2 amide bonds. The minimum atomic E-state index is -0.270. The molecular weight excluding hydrogens is 384 g/mol. The van der Waals surface area contributed by atoms with Gasteiger partial charge in [0.15, 0.2) is 0 Å². The molecule has 0 spiro atoms. The summed E-state index contributed by atoms with van der Waals surface area (Å²) in [6.45, 7) is 0.617. The average Bonchev–Trinajstić information content (AvgIpc) is 3.29. The second-order valence-corrected chi connectivity index (χ2v) is 7.02. The van der Waals surface area contributed by atoms with Crippen molar-refractivity contribution in [3.05, 3.63) is 54.4 Å². The zero-order valence-electron chi connectivity index (χ0n) is 17.0. The van der Waals surface area contributed by atoms with E-state index in [9.17, 15) is 4.79 Å². The maximum atomic E-state index is 13.0. The largest absolute Gasteiger partial charge is 0.497 e. The number of nitrogens with one attached hydrogen (secondary N) is 1. The topological polar surface area (TPSA) is 89.7 Å². The van der Waals surface area contributed by atoms with Crippen molar-refractivity contribution in [1.82, 2.24) is 15.0 Å². The fraction of sp³-hybridized carbons (Fsp3) is 0.318. The van der Waals surface area contributed by atoms with Crippen LogP contribution >= 0.6 is 0 Å². The molecule has 2 heterocycles. The lowest BCUT2D eigenvalue weighted by Crippen LogP contribution is -2.41. The van der Waals surface area contributed by atoms with Crippen molar-refractivity contribution >= 4 is 11.7 Å². The number of carbonyl (C=O) groups excluding carboxylic acids is 1. The molecule has 3 aromatic rings. The van der Waals surface area contributed by atoms with Crippen LogP contribution in [0.4, 0.5) is 10.5 Å². The van der Waals surface area contributed by atoms with Gasteiger partial charge in [-0.05, 0) is 55.7 Å². The number of hydrogen-bond acceptors (Lipinski definition) is 6. The van der Waals surface area contributed by atoms with Gasteiger partial charge in [0.1, 0.15) is 17.5 Å². The van der Waals surface area contributed by atoms with Crippen molar-refractivity contribution in [3.8, 4) is 22.9 Å². The first-order valence-corrected chi connectivity index (χ1v) is 9.88. The number of anilines is 1. The summed E-state index contributed by atoms with van der Waals surface area (Å²) in [6, 6.07) is 14.3. The Labute approximate surface area is 174 Å². The molecular formula is C22H24N4O4. The molecule has 0 saturated carbocycles. The van der Waals surface area contributed by atoms with Gasteiger partial charge >= 0.3 is 6.03 Å². The van der Waals surface area contributed by atoms with E-state index in [2.05, 4.69) is 15.5 Å². The number of para-hydroxylation sites is 2. The highest BCUT2D eigenvalue weighted by Crippen LogP contribution is 2.33. The monoisotopic (exact) mass is 408 g/mol. The Balaban J connectivity index is 1.53. The van der Waals surface area contributed by atoms with Crippen molar-refractivity contribution in [1.29, 1.82) is 0 Å². The van der Waals surface area contributed by atoms with Gasteiger partial charge in [0.05, 0.1) is 19.9 Å². The first kappa shape index (κ1) is 19.8.